The Labute approximate surface area is 160 Å². The van der Waals surface area contributed by atoms with Crippen LogP contribution in [0.25, 0.3) is 11.0 Å². The smallest absolute Gasteiger partial charge is 0.256 e. The predicted octanol–water partition coefficient (Wildman–Crippen LogP) is 3.30. The van der Waals surface area contributed by atoms with Gasteiger partial charge in [0, 0.05) is 43.3 Å². The molecular weight excluding hydrogens is 364 g/mol. The number of hydrogen-bond acceptors (Lipinski definition) is 4. The van der Waals surface area contributed by atoms with Gasteiger partial charge in [-0.1, -0.05) is 0 Å². The molecule has 0 radical (unpaired) electrons. The number of hydrogen-bond donors (Lipinski definition) is 1. The third-order valence-corrected chi connectivity index (χ3v) is 4.99. The molecule has 28 heavy (non-hydrogen) atoms. The molecule has 1 aliphatic rings. The number of aromatic nitrogens is 2. The highest BCUT2D eigenvalue weighted by Gasteiger charge is 2.30. The molecule has 0 atom stereocenters. The van der Waals surface area contributed by atoms with Crippen molar-refractivity contribution in [2.75, 3.05) is 25.1 Å². The molecule has 1 N–H and O–H groups in total. The van der Waals surface area contributed by atoms with Crippen molar-refractivity contribution in [2.45, 2.75) is 6.42 Å². The number of fused-ring (bicyclic) bond motifs is 3. The van der Waals surface area contributed by atoms with E-state index in [1.54, 1.807) is 24.3 Å². The highest BCUT2D eigenvalue weighted by Crippen LogP contribution is 2.30. The van der Waals surface area contributed by atoms with Gasteiger partial charge in [-0.2, -0.15) is 5.26 Å². The first-order valence-corrected chi connectivity index (χ1v) is 8.83. The topological polar surface area (TPSA) is 74.0 Å². The summed E-state index contributed by atoms with van der Waals surface area (Å²) >= 11 is 0. The molecule has 6 nitrogen and oxygen atoms in total. The number of alkyl halides is 1. The second kappa shape index (κ2) is 6.93. The summed E-state index contributed by atoms with van der Waals surface area (Å²) in [6.45, 7) is 0.000828. The quantitative estimate of drug-likeness (QED) is 0.753. The van der Waals surface area contributed by atoms with E-state index >= 15 is 0 Å². The fourth-order valence-electron chi connectivity index (χ4n) is 3.60. The van der Waals surface area contributed by atoms with Crippen LogP contribution in [0.4, 0.5) is 20.3 Å². The van der Waals surface area contributed by atoms with Crippen LogP contribution in [0.15, 0.2) is 30.3 Å². The molecule has 0 fully saturated rings. The molecule has 0 spiro atoms. The van der Waals surface area contributed by atoms with E-state index in [-0.39, 0.29) is 18.0 Å². The fraction of sp³-hybridized carbons (Fsp3) is 0.250. The fourth-order valence-corrected chi connectivity index (χ4v) is 3.60. The molecule has 3 heterocycles. The Kier molecular flexibility index (Phi) is 4.43. The molecule has 2 aromatic heterocycles. The molecule has 0 saturated carbocycles. The summed E-state index contributed by atoms with van der Waals surface area (Å²) in [5.41, 5.74) is 2.51. The van der Waals surface area contributed by atoms with Crippen LogP contribution in [0.1, 0.15) is 21.6 Å². The number of nitrogens with one attached hydrogen (secondary N) is 1. The van der Waals surface area contributed by atoms with Crippen molar-refractivity contribution in [3.05, 3.63) is 53.0 Å². The first-order chi connectivity index (χ1) is 13.5. The summed E-state index contributed by atoms with van der Waals surface area (Å²) in [5.74, 6) is -0.301. The number of benzene rings is 1. The molecule has 1 amide bonds. The van der Waals surface area contributed by atoms with Crippen molar-refractivity contribution in [3.63, 3.8) is 0 Å². The molecule has 3 aromatic rings. The zero-order valence-electron chi connectivity index (χ0n) is 15.2. The third-order valence-electron chi connectivity index (χ3n) is 4.99. The Morgan fingerprint density at radius 3 is 2.86 bits per heavy atom. The SMILES string of the molecule is Cn1c2c(c3ccc(Nc4ccc(C#N)c(F)c4)nc31)C(=O)N(CCF)CC2. The van der Waals surface area contributed by atoms with E-state index in [0.29, 0.717) is 41.1 Å². The lowest BCUT2D eigenvalue weighted by Gasteiger charge is -2.26. The van der Waals surface area contributed by atoms with E-state index in [4.69, 9.17) is 5.26 Å². The van der Waals surface area contributed by atoms with Gasteiger partial charge in [0.05, 0.1) is 11.1 Å². The molecule has 142 valence electrons. The summed E-state index contributed by atoms with van der Waals surface area (Å²) in [6, 6.07) is 9.51. The number of nitriles is 1. The number of pyridine rings is 1. The maximum absolute atomic E-state index is 13.8. The van der Waals surface area contributed by atoms with Crippen molar-refractivity contribution in [1.29, 1.82) is 5.26 Å². The summed E-state index contributed by atoms with van der Waals surface area (Å²) in [6.07, 6.45) is 0.636. The lowest BCUT2D eigenvalue weighted by atomic mass is 10.0. The van der Waals surface area contributed by atoms with Crippen LogP contribution in [-0.4, -0.2) is 40.1 Å². The number of carbonyl (C=O) groups is 1. The van der Waals surface area contributed by atoms with Gasteiger partial charge in [0.2, 0.25) is 0 Å². The zero-order valence-corrected chi connectivity index (χ0v) is 15.2. The lowest BCUT2D eigenvalue weighted by Crippen LogP contribution is -2.39. The van der Waals surface area contributed by atoms with Gasteiger partial charge in [0.25, 0.3) is 5.91 Å². The normalized spacial score (nSPS) is 13.5. The van der Waals surface area contributed by atoms with Crippen LogP contribution in [0.2, 0.25) is 0 Å². The molecule has 8 heteroatoms. The first-order valence-electron chi connectivity index (χ1n) is 8.83. The van der Waals surface area contributed by atoms with Gasteiger partial charge in [-0.05, 0) is 30.3 Å². The second-order valence-electron chi connectivity index (χ2n) is 6.61. The summed E-state index contributed by atoms with van der Waals surface area (Å²) in [4.78, 5) is 18.8. The minimum Gasteiger partial charge on any atom is -0.340 e. The van der Waals surface area contributed by atoms with Crippen LogP contribution in [-0.2, 0) is 13.5 Å². The van der Waals surface area contributed by atoms with Gasteiger partial charge in [-0.3, -0.25) is 4.79 Å². The molecule has 0 bridgehead atoms. The molecule has 0 saturated heterocycles. The Morgan fingerprint density at radius 1 is 1.32 bits per heavy atom. The number of aryl methyl sites for hydroxylation is 1. The molecule has 1 aliphatic heterocycles. The standard InChI is InChI=1S/C20H17F2N5O/c1-26-16-6-8-27(9-7-21)20(28)18(16)14-4-5-17(25-19(14)26)24-13-3-2-12(11-23)15(22)10-13/h2-5,10H,6-9H2,1H3,(H,24,25). The Bertz CT molecular complexity index is 1130. The van der Waals surface area contributed by atoms with Gasteiger partial charge in [0.15, 0.2) is 0 Å². The van der Waals surface area contributed by atoms with Gasteiger partial charge < -0.3 is 14.8 Å². The van der Waals surface area contributed by atoms with Crippen LogP contribution < -0.4 is 5.32 Å². The summed E-state index contributed by atoms with van der Waals surface area (Å²) in [5, 5.41) is 12.6. The van der Waals surface area contributed by atoms with Crippen molar-refractivity contribution in [2.24, 2.45) is 7.05 Å². The van der Waals surface area contributed by atoms with Crippen molar-refractivity contribution >= 4 is 28.4 Å². The van der Waals surface area contributed by atoms with E-state index < -0.39 is 12.5 Å². The molecule has 1 aromatic carbocycles. The minimum absolute atomic E-state index is 0.0274. The molecule has 0 aliphatic carbocycles. The Morgan fingerprint density at radius 2 is 2.14 bits per heavy atom. The maximum atomic E-state index is 13.8. The molecule has 4 rings (SSSR count). The van der Waals surface area contributed by atoms with E-state index in [2.05, 4.69) is 10.3 Å². The van der Waals surface area contributed by atoms with Gasteiger partial charge in [-0.15, -0.1) is 0 Å². The van der Waals surface area contributed by atoms with Gasteiger partial charge >= 0.3 is 0 Å². The molecular formula is C20H17F2N5O. The summed E-state index contributed by atoms with van der Waals surface area (Å²) < 4.78 is 28.4. The average Bonchev–Trinajstić information content (AvgIpc) is 2.97. The first kappa shape index (κ1) is 17.9. The van der Waals surface area contributed by atoms with Crippen LogP contribution in [0.5, 0.6) is 0 Å². The van der Waals surface area contributed by atoms with Crippen molar-refractivity contribution < 1.29 is 13.6 Å². The van der Waals surface area contributed by atoms with Gasteiger partial charge in [-0.25, -0.2) is 13.8 Å². The zero-order chi connectivity index (χ0) is 19.8. The Hall–Kier alpha value is -3.47. The largest absolute Gasteiger partial charge is 0.340 e. The van der Waals surface area contributed by atoms with E-state index in [0.717, 1.165) is 5.69 Å². The average molecular weight is 381 g/mol. The number of halogens is 2. The van der Waals surface area contributed by atoms with Gasteiger partial charge in [0.1, 0.15) is 30.0 Å². The van der Waals surface area contributed by atoms with E-state index in [9.17, 15) is 13.6 Å². The van der Waals surface area contributed by atoms with E-state index in [1.165, 1.54) is 17.0 Å². The predicted molar refractivity (Wildman–Crippen MR) is 101 cm³/mol. The van der Waals surface area contributed by atoms with Crippen LogP contribution in [0.3, 0.4) is 0 Å². The Balaban J connectivity index is 1.71. The monoisotopic (exact) mass is 381 g/mol. The maximum Gasteiger partial charge on any atom is 0.256 e. The van der Waals surface area contributed by atoms with E-state index in [1.807, 2.05) is 11.6 Å². The van der Waals surface area contributed by atoms with Crippen LogP contribution >= 0.6 is 0 Å². The highest BCUT2D eigenvalue weighted by atomic mass is 19.1. The van der Waals surface area contributed by atoms with Crippen LogP contribution in [0, 0.1) is 17.1 Å². The highest BCUT2D eigenvalue weighted by molar-refractivity contribution is 6.08. The number of amides is 1. The lowest BCUT2D eigenvalue weighted by molar-refractivity contribution is 0.0729. The minimum atomic E-state index is -0.610. The molecule has 0 unspecified atom stereocenters. The number of nitrogens with zero attached hydrogens (tertiary/aromatic N) is 4. The number of anilines is 2. The second-order valence-corrected chi connectivity index (χ2v) is 6.61. The third kappa shape index (κ3) is 2.85. The number of carbonyl (C=O) groups excluding carboxylic acids is 1. The number of rotatable bonds is 4. The van der Waals surface area contributed by atoms with Crippen molar-refractivity contribution in [3.8, 4) is 6.07 Å². The summed E-state index contributed by atoms with van der Waals surface area (Å²) in [7, 11) is 1.84. The van der Waals surface area contributed by atoms with Crippen molar-refractivity contribution in [1.82, 2.24) is 14.5 Å².